The van der Waals surface area contributed by atoms with Crippen molar-refractivity contribution in [3.63, 3.8) is 0 Å². The second kappa shape index (κ2) is 8.74. The molecule has 2 aliphatic carbocycles. The number of benzene rings is 1. The number of carbonyl (C=O) groups excluding carboxylic acids is 2. The second-order valence-corrected chi connectivity index (χ2v) is 8.60. The summed E-state index contributed by atoms with van der Waals surface area (Å²) in [5.74, 6) is -0.214. The zero-order valence-electron chi connectivity index (χ0n) is 15.8. The standard InChI is InChI=1S/C23H24N2O2S/c26-22(24-18-7-3-1-2-4-8-18)17-13-11-16(12-14-17)15-21-23(27)25-19-9-5-6-10-20(19)28-21/h5-6,9-15,18,20H,1-4,7-8H2,(H,24,26)/b21-15+. The first-order chi connectivity index (χ1) is 13.7. The number of nitrogens with one attached hydrogen (secondary N) is 1. The number of aliphatic imine (C=N–C) groups is 1. The Labute approximate surface area is 169 Å². The third kappa shape index (κ3) is 4.53. The molecule has 0 spiro atoms. The van der Waals surface area contributed by atoms with Crippen LogP contribution in [-0.2, 0) is 4.79 Å². The van der Waals surface area contributed by atoms with Crippen LogP contribution in [0.25, 0.3) is 6.08 Å². The van der Waals surface area contributed by atoms with E-state index in [1.807, 2.05) is 54.6 Å². The van der Waals surface area contributed by atoms with E-state index in [0.717, 1.165) is 24.1 Å². The summed E-state index contributed by atoms with van der Waals surface area (Å²) in [6, 6.07) is 7.72. The molecule has 1 saturated carbocycles. The lowest BCUT2D eigenvalue weighted by atomic mass is 10.1. The van der Waals surface area contributed by atoms with Gasteiger partial charge in [-0.2, -0.15) is 0 Å². The molecular weight excluding hydrogens is 368 g/mol. The molecule has 28 heavy (non-hydrogen) atoms. The molecule has 0 bridgehead atoms. The first-order valence-corrected chi connectivity index (χ1v) is 10.8. The van der Waals surface area contributed by atoms with Crippen LogP contribution in [0.5, 0.6) is 0 Å². The zero-order valence-corrected chi connectivity index (χ0v) is 16.6. The van der Waals surface area contributed by atoms with Gasteiger partial charge in [-0.15, -0.1) is 11.8 Å². The molecule has 1 unspecified atom stereocenters. The average Bonchev–Trinajstić information content (AvgIpc) is 2.98. The van der Waals surface area contributed by atoms with Crippen molar-refractivity contribution in [2.75, 3.05) is 0 Å². The number of nitrogens with zero attached hydrogens (tertiary/aromatic N) is 1. The number of fused-ring (bicyclic) bond motifs is 1. The Morgan fingerprint density at radius 1 is 1.07 bits per heavy atom. The molecule has 3 aliphatic rings. The molecule has 0 saturated heterocycles. The van der Waals surface area contributed by atoms with E-state index >= 15 is 0 Å². The SMILES string of the molecule is O=C1N=C2C=CC=CC2S/C1=C/c1ccc(C(=O)NC2CCCCCC2)cc1. The number of rotatable bonds is 3. The van der Waals surface area contributed by atoms with E-state index in [1.165, 1.54) is 37.4 Å². The molecule has 4 rings (SSSR count). The van der Waals surface area contributed by atoms with E-state index in [9.17, 15) is 9.59 Å². The lowest BCUT2D eigenvalue weighted by Crippen LogP contribution is -2.34. The van der Waals surface area contributed by atoms with Crippen molar-refractivity contribution in [2.45, 2.75) is 49.8 Å². The number of hydrogen-bond acceptors (Lipinski definition) is 3. The number of hydrogen-bond donors (Lipinski definition) is 1. The van der Waals surface area contributed by atoms with Gasteiger partial charge in [-0.3, -0.25) is 9.59 Å². The molecule has 1 aliphatic heterocycles. The smallest absolute Gasteiger partial charge is 0.283 e. The molecule has 144 valence electrons. The monoisotopic (exact) mass is 392 g/mol. The molecule has 1 aromatic rings. The number of carbonyl (C=O) groups is 2. The van der Waals surface area contributed by atoms with Crippen molar-refractivity contribution in [2.24, 2.45) is 4.99 Å². The topological polar surface area (TPSA) is 58.5 Å². The molecular formula is C23H24N2O2S. The molecule has 1 fully saturated rings. The van der Waals surface area contributed by atoms with Gasteiger partial charge < -0.3 is 5.32 Å². The molecule has 0 radical (unpaired) electrons. The van der Waals surface area contributed by atoms with Crippen LogP contribution in [0.2, 0.25) is 0 Å². The normalized spacial score (nSPS) is 23.9. The zero-order chi connectivity index (χ0) is 19.3. The lowest BCUT2D eigenvalue weighted by Gasteiger charge is -2.20. The first-order valence-electron chi connectivity index (χ1n) is 9.96. The molecule has 5 heteroatoms. The average molecular weight is 393 g/mol. The van der Waals surface area contributed by atoms with Crippen LogP contribution in [0.3, 0.4) is 0 Å². The third-order valence-corrected chi connectivity index (χ3v) is 6.51. The van der Waals surface area contributed by atoms with Gasteiger partial charge >= 0.3 is 0 Å². The predicted molar refractivity (Wildman–Crippen MR) is 115 cm³/mol. The molecule has 1 heterocycles. The fraction of sp³-hybridized carbons (Fsp3) is 0.348. The van der Waals surface area contributed by atoms with Gasteiger partial charge in [-0.1, -0.05) is 56.0 Å². The highest BCUT2D eigenvalue weighted by atomic mass is 32.2. The largest absolute Gasteiger partial charge is 0.349 e. The summed E-state index contributed by atoms with van der Waals surface area (Å²) in [5, 5.41) is 3.27. The molecule has 1 N–H and O–H groups in total. The van der Waals surface area contributed by atoms with E-state index in [4.69, 9.17) is 0 Å². The van der Waals surface area contributed by atoms with E-state index in [0.29, 0.717) is 10.5 Å². The van der Waals surface area contributed by atoms with Gasteiger partial charge in [0, 0.05) is 11.6 Å². The fourth-order valence-electron chi connectivity index (χ4n) is 3.74. The van der Waals surface area contributed by atoms with E-state index in [2.05, 4.69) is 10.3 Å². The Kier molecular flexibility index (Phi) is 5.91. The van der Waals surface area contributed by atoms with Crippen molar-refractivity contribution < 1.29 is 9.59 Å². The van der Waals surface area contributed by atoms with Crippen molar-refractivity contribution >= 4 is 35.4 Å². The van der Waals surface area contributed by atoms with Gasteiger partial charge in [-0.25, -0.2) is 4.99 Å². The second-order valence-electron chi connectivity index (χ2n) is 7.42. The van der Waals surface area contributed by atoms with Crippen LogP contribution in [0.1, 0.15) is 54.4 Å². The van der Waals surface area contributed by atoms with Gasteiger partial charge in [0.2, 0.25) is 0 Å². The molecule has 1 atom stereocenters. The van der Waals surface area contributed by atoms with Crippen molar-refractivity contribution in [1.82, 2.24) is 5.32 Å². The minimum Gasteiger partial charge on any atom is -0.349 e. The van der Waals surface area contributed by atoms with Gasteiger partial charge in [0.1, 0.15) is 0 Å². The van der Waals surface area contributed by atoms with E-state index < -0.39 is 0 Å². The van der Waals surface area contributed by atoms with Crippen LogP contribution < -0.4 is 5.32 Å². The number of thioether (sulfide) groups is 1. The maximum atomic E-state index is 12.5. The Morgan fingerprint density at radius 2 is 1.82 bits per heavy atom. The minimum atomic E-state index is -0.202. The Hall–Kier alpha value is -2.40. The fourth-order valence-corrected chi connectivity index (χ4v) is 4.79. The van der Waals surface area contributed by atoms with Crippen LogP contribution in [0.15, 0.2) is 58.5 Å². The summed E-state index contributed by atoms with van der Waals surface area (Å²) in [6.07, 6.45) is 16.7. The van der Waals surface area contributed by atoms with E-state index in [1.54, 1.807) is 0 Å². The van der Waals surface area contributed by atoms with Crippen LogP contribution in [-0.4, -0.2) is 28.8 Å². The third-order valence-electron chi connectivity index (χ3n) is 5.31. The van der Waals surface area contributed by atoms with Crippen molar-refractivity contribution in [3.05, 3.63) is 64.6 Å². The summed E-state index contributed by atoms with van der Waals surface area (Å²) in [5.41, 5.74) is 2.37. The van der Waals surface area contributed by atoms with Crippen LogP contribution in [0, 0.1) is 0 Å². The Morgan fingerprint density at radius 3 is 2.57 bits per heavy atom. The predicted octanol–water partition coefficient (Wildman–Crippen LogP) is 4.69. The van der Waals surface area contributed by atoms with Gasteiger partial charge in [0.15, 0.2) is 0 Å². The minimum absolute atomic E-state index is 0.0115. The summed E-state index contributed by atoms with van der Waals surface area (Å²) in [6.45, 7) is 0. The summed E-state index contributed by atoms with van der Waals surface area (Å²) in [4.78, 5) is 29.6. The highest BCUT2D eigenvalue weighted by Crippen LogP contribution is 2.32. The molecule has 1 aromatic carbocycles. The van der Waals surface area contributed by atoms with Crippen molar-refractivity contribution in [3.8, 4) is 0 Å². The molecule has 4 nitrogen and oxygen atoms in total. The lowest BCUT2D eigenvalue weighted by molar-refractivity contribution is -0.113. The Bertz CT molecular complexity index is 872. The van der Waals surface area contributed by atoms with Crippen LogP contribution in [0.4, 0.5) is 0 Å². The summed E-state index contributed by atoms with van der Waals surface area (Å²) in [7, 11) is 0. The highest BCUT2D eigenvalue weighted by molar-refractivity contribution is 8.05. The quantitative estimate of drug-likeness (QED) is 0.600. The molecule has 0 aromatic heterocycles. The van der Waals surface area contributed by atoms with Crippen molar-refractivity contribution in [1.29, 1.82) is 0 Å². The van der Waals surface area contributed by atoms with E-state index in [-0.39, 0.29) is 23.1 Å². The van der Waals surface area contributed by atoms with Gasteiger partial charge in [0.05, 0.1) is 15.9 Å². The number of allylic oxidation sites excluding steroid dienone is 3. The maximum absolute atomic E-state index is 12.5. The maximum Gasteiger partial charge on any atom is 0.283 e. The summed E-state index contributed by atoms with van der Waals surface area (Å²) < 4.78 is 0. The molecule has 2 amide bonds. The Balaban J connectivity index is 1.43. The summed E-state index contributed by atoms with van der Waals surface area (Å²) >= 11 is 1.52. The van der Waals surface area contributed by atoms with Gasteiger partial charge in [-0.05, 0) is 42.7 Å². The number of amides is 2. The first kappa shape index (κ1) is 18.9. The van der Waals surface area contributed by atoms with Crippen LogP contribution >= 0.6 is 11.8 Å². The highest BCUT2D eigenvalue weighted by Gasteiger charge is 2.25. The van der Waals surface area contributed by atoms with Gasteiger partial charge in [0.25, 0.3) is 11.8 Å².